The molecule has 0 aliphatic carbocycles. The number of nitrogens with zero attached hydrogens (tertiary/aromatic N) is 2. The van der Waals surface area contributed by atoms with E-state index in [0.29, 0.717) is 43.2 Å². The van der Waals surface area contributed by atoms with Crippen molar-refractivity contribution >= 4 is 11.8 Å². The molecule has 0 aromatic heterocycles. The summed E-state index contributed by atoms with van der Waals surface area (Å²) in [4.78, 5) is 29.0. The van der Waals surface area contributed by atoms with Crippen LogP contribution in [0.2, 0.25) is 0 Å². The Balaban J connectivity index is 1.57. The molecule has 2 aromatic rings. The molecular formula is C22H27N3O4. The second kappa shape index (κ2) is 9.43. The van der Waals surface area contributed by atoms with Gasteiger partial charge in [0.2, 0.25) is 5.91 Å². The molecule has 1 fully saturated rings. The number of carbonyl (C=O) groups excluding carboxylic acids is 2. The van der Waals surface area contributed by atoms with Crippen molar-refractivity contribution in [3.63, 3.8) is 0 Å². The Morgan fingerprint density at radius 1 is 0.966 bits per heavy atom. The smallest absolute Gasteiger partial charge is 0.257 e. The number of rotatable bonds is 6. The van der Waals surface area contributed by atoms with Crippen LogP contribution >= 0.6 is 0 Å². The lowest BCUT2D eigenvalue weighted by atomic mass is 10.0. The number of nitrogens with two attached hydrogens (primary N) is 1. The lowest BCUT2D eigenvalue weighted by Gasteiger charge is -2.35. The van der Waals surface area contributed by atoms with Crippen LogP contribution in [0, 0.1) is 0 Å². The molecule has 1 heterocycles. The van der Waals surface area contributed by atoms with Crippen LogP contribution in [0.1, 0.15) is 28.4 Å². The molecule has 1 aliphatic rings. The van der Waals surface area contributed by atoms with E-state index in [2.05, 4.69) is 0 Å². The molecule has 0 saturated carbocycles. The first-order valence-corrected chi connectivity index (χ1v) is 9.63. The molecule has 7 heteroatoms. The SMILES string of the molecule is COc1ccc(C(=O)N2CCN(C(=O)CC(N)c3ccccc3)CC2)c(OC)c1. The van der Waals surface area contributed by atoms with E-state index in [1.165, 1.54) is 7.11 Å². The number of hydrogen-bond donors (Lipinski definition) is 1. The van der Waals surface area contributed by atoms with Crippen molar-refractivity contribution in [2.24, 2.45) is 5.73 Å². The van der Waals surface area contributed by atoms with Crippen LogP contribution < -0.4 is 15.2 Å². The van der Waals surface area contributed by atoms with Crippen molar-refractivity contribution in [2.45, 2.75) is 12.5 Å². The highest BCUT2D eigenvalue weighted by atomic mass is 16.5. The zero-order chi connectivity index (χ0) is 20.8. The van der Waals surface area contributed by atoms with Gasteiger partial charge in [0.25, 0.3) is 5.91 Å². The van der Waals surface area contributed by atoms with Gasteiger partial charge in [-0.3, -0.25) is 9.59 Å². The van der Waals surface area contributed by atoms with E-state index < -0.39 is 0 Å². The number of benzene rings is 2. The minimum absolute atomic E-state index is 0.00970. The van der Waals surface area contributed by atoms with Gasteiger partial charge in [0.15, 0.2) is 0 Å². The quantitative estimate of drug-likeness (QED) is 0.807. The standard InChI is InChI=1S/C22H27N3O4/c1-28-17-8-9-18(20(14-17)29-2)22(27)25-12-10-24(11-13-25)21(26)15-19(23)16-6-4-3-5-7-16/h3-9,14,19H,10-13,15,23H2,1-2H3. The van der Waals surface area contributed by atoms with Crippen molar-refractivity contribution in [3.05, 3.63) is 59.7 Å². The summed E-state index contributed by atoms with van der Waals surface area (Å²) >= 11 is 0. The Bertz CT molecular complexity index is 848. The van der Waals surface area contributed by atoms with Crippen LogP contribution in [-0.4, -0.2) is 62.0 Å². The van der Waals surface area contributed by atoms with Gasteiger partial charge in [-0.25, -0.2) is 0 Å². The number of carbonyl (C=O) groups is 2. The van der Waals surface area contributed by atoms with Gasteiger partial charge in [0.05, 0.1) is 19.8 Å². The topological polar surface area (TPSA) is 85.1 Å². The molecule has 1 saturated heterocycles. The maximum absolute atomic E-state index is 12.9. The molecule has 29 heavy (non-hydrogen) atoms. The maximum Gasteiger partial charge on any atom is 0.257 e. The number of hydrogen-bond acceptors (Lipinski definition) is 5. The van der Waals surface area contributed by atoms with Gasteiger partial charge in [0, 0.05) is 44.7 Å². The van der Waals surface area contributed by atoms with Gasteiger partial charge in [-0.05, 0) is 17.7 Å². The van der Waals surface area contributed by atoms with E-state index in [1.807, 2.05) is 30.3 Å². The molecule has 0 bridgehead atoms. The molecule has 2 amide bonds. The number of methoxy groups -OCH3 is 2. The van der Waals surface area contributed by atoms with Crippen molar-refractivity contribution in [2.75, 3.05) is 40.4 Å². The predicted molar refractivity (Wildman–Crippen MR) is 110 cm³/mol. The Kier molecular flexibility index (Phi) is 6.72. The van der Waals surface area contributed by atoms with Crippen LogP contribution in [0.5, 0.6) is 11.5 Å². The average Bonchev–Trinajstić information content (AvgIpc) is 2.78. The van der Waals surface area contributed by atoms with Crippen LogP contribution in [-0.2, 0) is 4.79 Å². The third-order valence-corrected chi connectivity index (χ3v) is 5.18. The van der Waals surface area contributed by atoms with Crippen molar-refractivity contribution in [1.29, 1.82) is 0 Å². The van der Waals surface area contributed by atoms with Gasteiger partial charge in [0.1, 0.15) is 11.5 Å². The fraction of sp³-hybridized carbons (Fsp3) is 0.364. The van der Waals surface area contributed by atoms with E-state index >= 15 is 0 Å². The summed E-state index contributed by atoms with van der Waals surface area (Å²) in [7, 11) is 3.09. The highest BCUT2D eigenvalue weighted by Crippen LogP contribution is 2.26. The molecule has 1 atom stereocenters. The Labute approximate surface area is 171 Å². The first-order valence-electron chi connectivity index (χ1n) is 9.63. The van der Waals surface area contributed by atoms with Gasteiger partial charge in [-0.2, -0.15) is 0 Å². The lowest BCUT2D eigenvalue weighted by Crippen LogP contribution is -2.51. The zero-order valence-corrected chi connectivity index (χ0v) is 16.8. The molecular weight excluding hydrogens is 370 g/mol. The van der Waals surface area contributed by atoms with Gasteiger partial charge in [-0.1, -0.05) is 30.3 Å². The summed E-state index contributed by atoms with van der Waals surface area (Å²) in [6.07, 6.45) is 0.254. The highest BCUT2D eigenvalue weighted by molar-refractivity contribution is 5.97. The van der Waals surface area contributed by atoms with Crippen molar-refractivity contribution in [1.82, 2.24) is 9.80 Å². The summed E-state index contributed by atoms with van der Waals surface area (Å²) in [6, 6.07) is 14.4. The Morgan fingerprint density at radius 3 is 2.24 bits per heavy atom. The van der Waals surface area contributed by atoms with Crippen molar-refractivity contribution in [3.8, 4) is 11.5 Å². The van der Waals surface area contributed by atoms with E-state index in [9.17, 15) is 9.59 Å². The first-order chi connectivity index (χ1) is 14.0. The van der Waals surface area contributed by atoms with Gasteiger partial charge >= 0.3 is 0 Å². The molecule has 0 radical (unpaired) electrons. The number of ether oxygens (including phenoxy) is 2. The molecule has 154 valence electrons. The third kappa shape index (κ3) is 4.86. The fourth-order valence-corrected chi connectivity index (χ4v) is 3.44. The number of piperazine rings is 1. The normalized spacial score (nSPS) is 15.0. The minimum Gasteiger partial charge on any atom is -0.497 e. The highest BCUT2D eigenvalue weighted by Gasteiger charge is 2.27. The second-order valence-corrected chi connectivity index (χ2v) is 6.96. The summed E-state index contributed by atoms with van der Waals surface area (Å²) in [5.41, 5.74) is 7.60. The van der Waals surface area contributed by atoms with E-state index in [0.717, 1.165) is 5.56 Å². The molecule has 1 unspecified atom stereocenters. The lowest BCUT2D eigenvalue weighted by molar-refractivity contribution is -0.133. The van der Waals surface area contributed by atoms with Crippen molar-refractivity contribution < 1.29 is 19.1 Å². The molecule has 0 spiro atoms. The van der Waals surface area contributed by atoms with E-state index in [-0.39, 0.29) is 24.3 Å². The molecule has 2 N–H and O–H groups in total. The first kappa shape index (κ1) is 20.7. The van der Waals surface area contributed by atoms with E-state index in [1.54, 1.807) is 35.1 Å². The summed E-state index contributed by atoms with van der Waals surface area (Å²) < 4.78 is 10.5. The third-order valence-electron chi connectivity index (χ3n) is 5.18. The van der Waals surface area contributed by atoms with E-state index in [4.69, 9.17) is 15.2 Å². The van der Waals surface area contributed by atoms with Gasteiger partial charge in [-0.15, -0.1) is 0 Å². The minimum atomic E-state index is -0.327. The average molecular weight is 397 g/mol. The van der Waals surface area contributed by atoms with Crippen LogP contribution in [0.25, 0.3) is 0 Å². The van der Waals surface area contributed by atoms with Crippen LogP contribution in [0.3, 0.4) is 0 Å². The van der Waals surface area contributed by atoms with Gasteiger partial charge < -0.3 is 25.0 Å². The fourth-order valence-electron chi connectivity index (χ4n) is 3.44. The molecule has 3 rings (SSSR count). The summed E-state index contributed by atoms with van der Waals surface area (Å²) in [6.45, 7) is 1.93. The summed E-state index contributed by atoms with van der Waals surface area (Å²) in [5.74, 6) is 0.998. The molecule has 1 aliphatic heterocycles. The number of amides is 2. The Hall–Kier alpha value is -3.06. The monoisotopic (exact) mass is 397 g/mol. The predicted octanol–water partition coefficient (Wildman–Crippen LogP) is 2.08. The maximum atomic E-state index is 12.9. The van der Waals surface area contributed by atoms with Crippen LogP contribution in [0.15, 0.2) is 48.5 Å². The van der Waals surface area contributed by atoms with Crippen LogP contribution in [0.4, 0.5) is 0 Å². The second-order valence-electron chi connectivity index (χ2n) is 6.96. The summed E-state index contributed by atoms with van der Waals surface area (Å²) in [5, 5.41) is 0. The zero-order valence-electron chi connectivity index (χ0n) is 16.8. The Morgan fingerprint density at radius 2 is 1.62 bits per heavy atom. The largest absolute Gasteiger partial charge is 0.497 e. The molecule has 2 aromatic carbocycles. The molecule has 7 nitrogen and oxygen atoms in total.